The van der Waals surface area contributed by atoms with E-state index < -0.39 is 74.2 Å². The van der Waals surface area contributed by atoms with Crippen LogP contribution in [-0.2, 0) is 14.3 Å². The quantitative estimate of drug-likeness (QED) is 0.0216. The Balaban J connectivity index is 2.29. The van der Waals surface area contributed by atoms with Gasteiger partial charge in [-0.05, 0) is 70.6 Å². The number of allylic oxidation sites excluding steroid dienone is 6. The van der Waals surface area contributed by atoms with E-state index in [1.54, 1.807) is 0 Å². The lowest BCUT2D eigenvalue weighted by Gasteiger charge is -2.40. The van der Waals surface area contributed by atoms with Crippen LogP contribution in [0, 0.1) is 0 Å². The van der Waals surface area contributed by atoms with Gasteiger partial charge in [-0.1, -0.05) is 192 Å². The van der Waals surface area contributed by atoms with Crippen molar-refractivity contribution >= 4 is 5.91 Å². The molecule has 1 saturated heterocycles. The molecule has 1 amide bonds. The van der Waals surface area contributed by atoms with E-state index in [-0.39, 0.29) is 12.8 Å². The molecule has 64 heavy (non-hydrogen) atoms. The maximum absolute atomic E-state index is 13.1. The molecule has 1 fully saturated rings. The average molecular weight is 910 g/mol. The molecule has 0 aromatic heterocycles. The molecule has 1 aliphatic heterocycles. The van der Waals surface area contributed by atoms with Crippen molar-refractivity contribution < 1.29 is 50.0 Å². The Labute approximate surface area is 390 Å². The summed E-state index contributed by atoms with van der Waals surface area (Å²) in [6.07, 6.45) is 39.3. The molecule has 1 aliphatic rings. The molecule has 9 atom stereocenters. The number of ether oxygens (including phenoxy) is 2. The third-order valence-corrected chi connectivity index (χ3v) is 12.6. The topological polar surface area (TPSA) is 189 Å². The van der Waals surface area contributed by atoms with Gasteiger partial charge in [0.25, 0.3) is 0 Å². The van der Waals surface area contributed by atoms with Crippen molar-refractivity contribution in [1.29, 1.82) is 0 Å². The molecule has 8 N–H and O–H groups in total. The molecule has 1 heterocycles. The van der Waals surface area contributed by atoms with Crippen LogP contribution in [0.1, 0.15) is 226 Å². The van der Waals surface area contributed by atoms with Crippen molar-refractivity contribution in [2.24, 2.45) is 0 Å². The SMILES string of the molecule is CCCC/C=C/CC/C=C/CCCC(O)C(O)C(COC1OC(CO)C(O)C(O)C1O)NC(=O)C(O)CCCCCCCCCCCC/C=C\CCCCCCCCCCCCCC. The fraction of sp³-hybridized carbons (Fsp3) is 0.868. The number of aliphatic hydroxyl groups excluding tert-OH is 7. The zero-order chi connectivity index (χ0) is 46.9. The number of rotatable bonds is 44. The second-order valence-corrected chi connectivity index (χ2v) is 18.6. The van der Waals surface area contributed by atoms with E-state index in [9.17, 15) is 40.5 Å². The Morgan fingerprint density at radius 3 is 1.44 bits per heavy atom. The number of unbranched alkanes of at least 4 members (excludes halogenated alkanes) is 26. The highest BCUT2D eigenvalue weighted by Crippen LogP contribution is 2.23. The summed E-state index contributed by atoms with van der Waals surface area (Å²) < 4.78 is 11.1. The zero-order valence-corrected chi connectivity index (χ0v) is 40.8. The molecule has 11 heteroatoms. The van der Waals surface area contributed by atoms with Crippen molar-refractivity contribution in [3.8, 4) is 0 Å². The molecule has 0 aliphatic carbocycles. The molecule has 0 aromatic carbocycles. The lowest BCUT2D eigenvalue weighted by Crippen LogP contribution is -2.60. The van der Waals surface area contributed by atoms with Crippen LogP contribution in [0.15, 0.2) is 36.5 Å². The lowest BCUT2D eigenvalue weighted by molar-refractivity contribution is -0.303. The Kier molecular flexibility index (Phi) is 40.2. The first kappa shape index (κ1) is 60.3. The van der Waals surface area contributed by atoms with Crippen LogP contribution in [0.3, 0.4) is 0 Å². The largest absolute Gasteiger partial charge is 0.394 e. The van der Waals surface area contributed by atoms with E-state index in [4.69, 9.17) is 9.47 Å². The van der Waals surface area contributed by atoms with Gasteiger partial charge in [-0.3, -0.25) is 4.79 Å². The maximum Gasteiger partial charge on any atom is 0.249 e. The molecular weight excluding hydrogens is 811 g/mol. The number of carbonyl (C=O) groups is 1. The summed E-state index contributed by atoms with van der Waals surface area (Å²) in [5.74, 6) is -0.713. The fourth-order valence-corrected chi connectivity index (χ4v) is 8.26. The molecule has 11 nitrogen and oxygen atoms in total. The second-order valence-electron chi connectivity index (χ2n) is 18.6. The summed E-state index contributed by atoms with van der Waals surface area (Å²) >= 11 is 0. The molecule has 1 rings (SSSR count). The van der Waals surface area contributed by atoms with Gasteiger partial charge in [0.15, 0.2) is 6.29 Å². The smallest absolute Gasteiger partial charge is 0.249 e. The number of nitrogens with one attached hydrogen (secondary N) is 1. The van der Waals surface area contributed by atoms with Crippen LogP contribution in [-0.4, -0.2) is 110 Å². The molecule has 0 aromatic rings. The number of hydrogen-bond donors (Lipinski definition) is 8. The fourth-order valence-electron chi connectivity index (χ4n) is 8.26. The van der Waals surface area contributed by atoms with Gasteiger partial charge < -0.3 is 50.5 Å². The average Bonchev–Trinajstić information content (AvgIpc) is 3.29. The van der Waals surface area contributed by atoms with Crippen molar-refractivity contribution in [3.05, 3.63) is 36.5 Å². The van der Waals surface area contributed by atoms with Gasteiger partial charge >= 0.3 is 0 Å². The molecule has 0 spiro atoms. The number of aliphatic hydroxyl groups is 7. The third-order valence-electron chi connectivity index (χ3n) is 12.6. The Bertz CT molecular complexity index is 1130. The van der Waals surface area contributed by atoms with Crippen molar-refractivity contribution in [3.63, 3.8) is 0 Å². The first-order chi connectivity index (χ1) is 31.2. The molecule has 0 saturated carbocycles. The third kappa shape index (κ3) is 31.3. The molecular formula is C53H99NO10. The van der Waals surface area contributed by atoms with Crippen molar-refractivity contribution in [2.75, 3.05) is 13.2 Å². The summed E-state index contributed by atoms with van der Waals surface area (Å²) in [5.41, 5.74) is 0. The van der Waals surface area contributed by atoms with Crippen LogP contribution < -0.4 is 5.32 Å². The van der Waals surface area contributed by atoms with Crippen molar-refractivity contribution in [2.45, 2.75) is 281 Å². The number of carbonyl (C=O) groups excluding carboxylic acids is 1. The van der Waals surface area contributed by atoms with Crippen LogP contribution in [0.25, 0.3) is 0 Å². The van der Waals surface area contributed by atoms with Gasteiger partial charge in [-0.25, -0.2) is 0 Å². The molecule has 376 valence electrons. The lowest BCUT2D eigenvalue weighted by atomic mass is 9.98. The van der Waals surface area contributed by atoms with Crippen LogP contribution >= 0.6 is 0 Å². The van der Waals surface area contributed by atoms with Gasteiger partial charge in [0.2, 0.25) is 5.91 Å². The Morgan fingerprint density at radius 2 is 0.953 bits per heavy atom. The predicted octanol–water partition coefficient (Wildman–Crippen LogP) is 9.95. The Hall–Kier alpha value is -1.67. The summed E-state index contributed by atoms with van der Waals surface area (Å²) in [4.78, 5) is 13.1. The van der Waals surface area contributed by atoms with Crippen LogP contribution in [0.5, 0.6) is 0 Å². The van der Waals surface area contributed by atoms with E-state index >= 15 is 0 Å². The van der Waals surface area contributed by atoms with E-state index in [0.29, 0.717) is 19.3 Å². The molecule has 9 unspecified atom stereocenters. The van der Waals surface area contributed by atoms with Gasteiger partial charge in [0, 0.05) is 0 Å². The minimum absolute atomic E-state index is 0.245. The standard InChI is InChI=1S/C53H99NO10/c1-3-5-7-9-11-13-15-16-17-18-19-20-21-22-23-24-25-26-27-28-29-31-33-35-37-39-41-46(57)52(62)54-44(43-63-53-51(61)50(60)49(59)47(42-55)64-53)48(58)45(56)40-38-36-34-32-30-14-12-10-8-6-4-2/h10,12,22-23,32,34,44-51,53,55-61H,3-9,11,13-21,24-31,33,35-43H2,1-2H3,(H,54,62)/b12-10+,23-22-,34-32+. The predicted molar refractivity (Wildman–Crippen MR) is 261 cm³/mol. The van der Waals surface area contributed by atoms with Crippen LogP contribution in [0.4, 0.5) is 0 Å². The maximum atomic E-state index is 13.1. The normalized spacial score (nSPS) is 21.3. The summed E-state index contributed by atoms with van der Waals surface area (Å²) in [6.45, 7) is 3.38. The zero-order valence-electron chi connectivity index (χ0n) is 40.8. The van der Waals surface area contributed by atoms with E-state index in [2.05, 4.69) is 55.6 Å². The highest BCUT2D eigenvalue weighted by Gasteiger charge is 2.44. The number of hydrogen-bond acceptors (Lipinski definition) is 10. The summed E-state index contributed by atoms with van der Waals surface area (Å²) in [5, 5.41) is 75.7. The second kappa shape index (κ2) is 42.7. The summed E-state index contributed by atoms with van der Waals surface area (Å²) in [6, 6.07) is -1.19. The first-order valence-electron chi connectivity index (χ1n) is 26.4. The highest BCUT2D eigenvalue weighted by molar-refractivity contribution is 5.80. The van der Waals surface area contributed by atoms with E-state index in [1.807, 2.05) is 0 Å². The van der Waals surface area contributed by atoms with E-state index in [1.165, 1.54) is 141 Å². The van der Waals surface area contributed by atoms with Gasteiger partial charge in [0.05, 0.1) is 25.4 Å². The van der Waals surface area contributed by atoms with Gasteiger partial charge in [-0.2, -0.15) is 0 Å². The number of amides is 1. The van der Waals surface area contributed by atoms with Gasteiger partial charge in [0.1, 0.15) is 36.6 Å². The molecule has 0 bridgehead atoms. The Morgan fingerprint density at radius 1 is 0.531 bits per heavy atom. The molecule has 0 radical (unpaired) electrons. The highest BCUT2D eigenvalue weighted by atomic mass is 16.7. The van der Waals surface area contributed by atoms with Crippen molar-refractivity contribution in [1.82, 2.24) is 5.32 Å². The first-order valence-corrected chi connectivity index (χ1v) is 26.4. The van der Waals surface area contributed by atoms with Gasteiger partial charge in [-0.15, -0.1) is 0 Å². The summed E-state index contributed by atoms with van der Waals surface area (Å²) in [7, 11) is 0. The monoisotopic (exact) mass is 910 g/mol. The minimum atomic E-state index is -1.67. The van der Waals surface area contributed by atoms with Crippen LogP contribution in [0.2, 0.25) is 0 Å². The van der Waals surface area contributed by atoms with E-state index in [0.717, 1.165) is 38.5 Å². The minimum Gasteiger partial charge on any atom is -0.394 e.